The summed E-state index contributed by atoms with van der Waals surface area (Å²) in [5.74, 6) is -10.8. The van der Waals surface area contributed by atoms with Gasteiger partial charge in [-0.25, -0.2) is 26.9 Å². The molecule has 0 fully saturated rings. The van der Waals surface area contributed by atoms with E-state index in [4.69, 9.17) is 5.73 Å². The molecule has 1 rings (SSSR count). The minimum absolute atomic E-state index is 0.462. The third-order valence-electron chi connectivity index (χ3n) is 1.92. The lowest BCUT2D eigenvalue weighted by Crippen LogP contribution is -2.28. The maximum absolute atomic E-state index is 13.3. The first-order chi connectivity index (χ1) is 8.54. The molecular formula is C11H12F5N3. The van der Waals surface area contributed by atoms with Gasteiger partial charge in [0.1, 0.15) is 5.69 Å². The minimum Gasteiger partial charge on any atom is -0.370 e. The van der Waals surface area contributed by atoms with Gasteiger partial charge in [-0.3, -0.25) is 0 Å². The van der Waals surface area contributed by atoms with E-state index in [-0.39, 0.29) is 0 Å². The summed E-state index contributed by atoms with van der Waals surface area (Å²) in [7, 11) is 0. The van der Waals surface area contributed by atoms with Crippen molar-refractivity contribution >= 4 is 11.6 Å². The number of guanidine groups is 1. The molecule has 3 nitrogen and oxygen atoms in total. The van der Waals surface area contributed by atoms with E-state index >= 15 is 0 Å². The Morgan fingerprint density at radius 1 is 0.895 bits per heavy atom. The van der Waals surface area contributed by atoms with Gasteiger partial charge in [0.2, 0.25) is 5.82 Å². The molecule has 0 amide bonds. The first-order valence-electron chi connectivity index (χ1n) is 5.18. The molecule has 1 aromatic rings. The number of halogens is 5. The van der Waals surface area contributed by atoms with E-state index in [1.54, 1.807) is 20.8 Å². The lowest BCUT2D eigenvalue weighted by Gasteiger charge is -2.15. The Hall–Kier alpha value is -1.86. The standard InChI is InChI=1S/C11H12F5N3/c1-11(2,3)19-10(17)18-9-7(15)5(13)4(12)6(14)8(9)16/h1-3H3,(H3,17,18,19). The molecule has 0 atom stereocenters. The second kappa shape index (κ2) is 5.02. The van der Waals surface area contributed by atoms with E-state index in [1.807, 2.05) is 5.32 Å². The van der Waals surface area contributed by atoms with Gasteiger partial charge in [0.15, 0.2) is 29.2 Å². The highest BCUT2D eigenvalue weighted by Gasteiger charge is 2.26. The smallest absolute Gasteiger partial charge is 0.200 e. The Bertz CT molecular complexity index is 505. The Balaban J connectivity index is 3.27. The normalized spacial score (nSPS) is 12.7. The molecule has 0 aromatic heterocycles. The van der Waals surface area contributed by atoms with Crippen LogP contribution in [0.2, 0.25) is 0 Å². The molecule has 0 saturated heterocycles. The highest BCUT2D eigenvalue weighted by atomic mass is 19.2. The third kappa shape index (κ3) is 3.33. The molecule has 0 saturated carbocycles. The molecule has 19 heavy (non-hydrogen) atoms. The average Bonchev–Trinajstić information content (AvgIpc) is 2.27. The Morgan fingerprint density at radius 2 is 1.26 bits per heavy atom. The number of hydrogen-bond acceptors (Lipinski definition) is 1. The van der Waals surface area contributed by atoms with Crippen LogP contribution in [-0.4, -0.2) is 11.5 Å². The largest absolute Gasteiger partial charge is 0.370 e. The second-order valence-electron chi connectivity index (χ2n) is 4.74. The predicted octanol–water partition coefficient (Wildman–Crippen LogP) is 2.91. The van der Waals surface area contributed by atoms with E-state index in [9.17, 15) is 22.0 Å². The van der Waals surface area contributed by atoms with Crippen molar-refractivity contribution in [3.8, 4) is 0 Å². The van der Waals surface area contributed by atoms with Crippen LogP contribution in [0.4, 0.5) is 27.6 Å². The second-order valence-corrected chi connectivity index (χ2v) is 4.74. The van der Waals surface area contributed by atoms with Gasteiger partial charge in [-0.05, 0) is 20.8 Å². The third-order valence-corrected chi connectivity index (χ3v) is 1.92. The lowest BCUT2D eigenvalue weighted by molar-refractivity contribution is 0.382. The summed E-state index contributed by atoms with van der Waals surface area (Å²) in [6, 6.07) is 0. The Morgan fingerprint density at radius 3 is 1.63 bits per heavy atom. The molecular weight excluding hydrogens is 269 g/mol. The number of aliphatic imine (C=N–C) groups is 1. The van der Waals surface area contributed by atoms with Gasteiger partial charge in [0.05, 0.1) is 5.54 Å². The van der Waals surface area contributed by atoms with E-state index in [0.717, 1.165) is 0 Å². The van der Waals surface area contributed by atoms with Crippen molar-refractivity contribution in [2.75, 3.05) is 5.32 Å². The highest BCUT2D eigenvalue weighted by Crippen LogP contribution is 2.27. The molecule has 106 valence electrons. The summed E-state index contributed by atoms with van der Waals surface area (Å²) < 4.78 is 65.2. The highest BCUT2D eigenvalue weighted by molar-refractivity contribution is 5.92. The van der Waals surface area contributed by atoms with Crippen LogP contribution >= 0.6 is 0 Å². The van der Waals surface area contributed by atoms with Crippen molar-refractivity contribution in [2.45, 2.75) is 26.3 Å². The molecule has 8 heteroatoms. The summed E-state index contributed by atoms with van der Waals surface area (Å²) in [5.41, 5.74) is 3.42. The van der Waals surface area contributed by atoms with Gasteiger partial charge in [0, 0.05) is 0 Å². The average molecular weight is 281 g/mol. The monoisotopic (exact) mass is 281 g/mol. The SMILES string of the molecule is CC(C)(C)N=C(N)Nc1c(F)c(F)c(F)c(F)c1F. The van der Waals surface area contributed by atoms with Crippen molar-refractivity contribution in [3.63, 3.8) is 0 Å². The summed E-state index contributed by atoms with van der Waals surface area (Å²) in [4.78, 5) is 3.78. The number of nitrogens with one attached hydrogen (secondary N) is 1. The van der Waals surface area contributed by atoms with E-state index in [2.05, 4.69) is 4.99 Å². The van der Waals surface area contributed by atoms with E-state index < -0.39 is 46.3 Å². The molecule has 0 radical (unpaired) electrons. The molecule has 1 aromatic carbocycles. The minimum atomic E-state index is -2.23. The van der Waals surface area contributed by atoms with Gasteiger partial charge in [-0.2, -0.15) is 0 Å². The summed E-state index contributed by atoms with van der Waals surface area (Å²) in [5, 5.41) is 1.87. The van der Waals surface area contributed by atoms with Gasteiger partial charge in [-0.1, -0.05) is 0 Å². The molecule has 0 unspecified atom stereocenters. The zero-order chi connectivity index (χ0) is 15.0. The maximum atomic E-state index is 13.3. The van der Waals surface area contributed by atoms with E-state index in [1.165, 1.54) is 0 Å². The summed E-state index contributed by atoms with van der Waals surface area (Å²) in [6.45, 7) is 4.92. The number of rotatable bonds is 1. The Kier molecular flexibility index (Phi) is 4.02. The van der Waals surface area contributed by atoms with Crippen LogP contribution in [0.25, 0.3) is 0 Å². The van der Waals surface area contributed by atoms with Crippen LogP contribution in [0, 0.1) is 29.1 Å². The topological polar surface area (TPSA) is 50.4 Å². The van der Waals surface area contributed by atoms with Crippen molar-refractivity contribution in [2.24, 2.45) is 10.7 Å². The fourth-order valence-corrected chi connectivity index (χ4v) is 1.23. The lowest BCUT2D eigenvalue weighted by atomic mass is 10.1. The van der Waals surface area contributed by atoms with E-state index in [0.29, 0.717) is 0 Å². The predicted molar refractivity (Wildman–Crippen MR) is 61.2 cm³/mol. The van der Waals surface area contributed by atoms with Crippen LogP contribution in [0.15, 0.2) is 4.99 Å². The summed E-state index contributed by atoms with van der Waals surface area (Å²) in [6.07, 6.45) is 0. The van der Waals surface area contributed by atoms with Crippen molar-refractivity contribution in [1.82, 2.24) is 0 Å². The first-order valence-corrected chi connectivity index (χ1v) is 5.18. The van der Waals surface area contributed by atoms with Gasteiger partial charge < -0.3 is 11.1 Å². The molecule has 0 spiro atoms. The van der Waals surface area contributed by atoms with Crippen LogP contribution < -0.4 is 11.1 Å². The van der Waals surface area contributed by atoms with Gasteiger partial charge in [0.25, 0.3) is 0 Å². The van der Waals surface area contributed by atoms with Crippen molar-refractivity contribution < 1.29 is 22.0 Å². The Labute approximate surface area is 106 Å². The van der Waals surface area contributed by atoms with Gasteiger partial charge >= 0.3 is 0 Å². The zero-order valence-electron chi connectivity index (χ0n) is 10.4. The number of benzene rings is 1. The molecule has 0 aliphatic carbocycles. The number of nitrogens with zero attached hydrogens (tertiary/aromatic N) is 1. The van der Waals surface area contributed by atoms with Crippen molar-refractivity contribution in [3.05, 3.63) is 29.1 Å². The molecule has 0 aliphatic heterocycles. The fourth-order valence-electron chi connectivity index (χ4n) is 1.23. The number of hydrogen-bond donors (Lipinski definition) is 2. The number of nitrogens with two attached hydrogens (primary N) is 1. The maximum Gasteiger partial charge on any atom is 0.200 e. The molecule has 0 heterocycles. The zero-order valence-corrected chi connectivity index (χ0v) is 10.4. The quantitative estimate of drug-likeness (QED) is 0.273. The van der Waals surface area contributed by atoms with Crippen LogP contribution in [0.5, 0.6) is 0 Å². The number of anilines is 1. The summed E-state index contributed by atoms with van der Waals surface area (Å²) >= 11 is 0. The van der Waals surface area contributed by atoms with Crippen LogP contribution in [0.3, 0.4) is 0 Å². The van der Waals surface area contributed by atoms with Crippen molar-refractivity contribution in [1.29, 1.82) is 0 Å². The van der Waals surface area contributed by atoms with Crippen LogP contribution in [0.1, 0.15) is 20.8 Å². The molecule has 0 bridgehead atoms. The molecule has 0 aliphatic rings. The van der Waals surface area contributed by atoms with Gasteiger partial charge in [-0.15, -0.1) is 0 Å². The first kappa shape index (κ1) is 15.2. The fraction of sp³-hybridized carbons (Fsp3) is 0.364. The molecule has 3 N–H and O–H groups in total. The van der Waals surface area contributed by atoms with Crippen LogP contribution in [-0.2, 0) is 0 Å².